The minimum Gasteiger partial charge on any atom is -0.462 e. The third-order valence-electron chi connectivity index (χ3n) is 2.97. The largest absolute Gasteiger partial charge is 0.462 e. The molecule has 0 fully saturated rings. The van der Waals surface area contributed by atoms with Crippen molar-refractivity contribution in [3.8, 4) is 5.88 Å². The Balaban J connectivity index is 2.07. The molecule has 23 heavy (non-hydrogen) atoms. The number of rotatable bonds is 5. The first-order valence-corrected chi connectivity index (χ1v) is 6.60. The molecule has 0 unspecified atom stereocenters. The molecule has 2 rings (SSSR count). The lowest BCUT2D eigenvalue weighted by atomic mass is 10.1. The van der Waals surface area contributed by atoms with Crippen molar-refractivity contribution in [2.24, 2.45) is 0 Å². The second-order valence-electron chi connectivity index (χ2n) is 4.80. The zero-order valence-corrected chi connectivity index (χ0v) is 12.5. The maximum atomic E-state index is 11.9. The lowest BCUT2D eigenvalue weighted by molar-refractivity contribution is -0.387. The number of benzene rings is 1. The van der Waals surface area contributed by atoms with Gasteiger partial charge in [0.15, 0.2) is 6.61 Å². The van der Waals surface area contributed by atoms with Gasteiger partial charge >= 0.3 is 17.1 Å². The molecule has 1 aromatic heterocycles. The summed E-state index contributed by atoms with van der Waals surface area (Å²) in [5, 5.41) is 13.4. The first kappa shape index (κ1) is 16.1. The van der Waals surface area contributed by atoms with E-state index in [4.69, 9.17) is 4.74 Å². The SMILES string of the molecule is Cc1ccc(NC(=O)COc2nc[nH]c(=O)c2[N+](=O)[O-])c(C)c1. The van der Waals surface area contributed by atoms with E-state index in [1.807, 2.05) is 26.0 Å². The van der Waals surface area contributed by atoms with Crippen LogP contribution in [0.15, 0.2) is 29.3 Å². The van der Waals surface area contributed by atoms with Gasteiger partial charge in [0.05, 0.1) is 11.3 Å². The number of H-pyrrole nitrogens is 1. The molecule has 9 nitrogen and oxygen atoms in total. The molecule has 0 radical (unpaired) electrons. The predicted octanol–water partition coefficient (Wildman–Crippen LogP) is 1.31. The minimum atomic E-state index is -0.949. The number of aromatic amines is 1. The van der Waals surface area contributed by atoms with Crippen LogP contribution in [0.25, 0.3) is 0 Å². The number of nitrogens with zero attached hydrogens (tertiary/aromatic N) is 2. The maximum Gasteiger partial charge on any atom is 0.395 e. The molecule has 9 heteroatoms. The molecular weight excluding hydrogens is 304 g/mol. The Morgan fingerprint density at radius 1 is 1.43 bits per heavy atom. The summed E-state index contributed by atoms with van der Waals surface area (Å²) in [5.74, 6) is -1.03. The van der Waals surface area contributed by atoms with Crippen molar-refractivity contribution in [1.29, 1.82) is 0 Å². The molecule has 0 aliphatic carbocycles. The maximum absolute atomic E-state index is 11.9. The summed E-state index contributed by atoms with van der Waals surface area (Å²) in [6, 6.07) is 5.49. The van der Waals surface area contributed by atoms with Gasteiger partial charge in [0.2, 0.25) is 0 Å². The van der Waals surface area contributed by atoms with Crippen LogP contribution in [-0.4, -0.2) is 27.4 Å². The molecule has 0 aliphatic heterocycles. The van der Waals surface area contributed by atoms with E-state index in [0.717, 1.165) is 17.5 Å². The van der Waals surface area contributed by atoms with Gasteiger partial charge in [-0.2, -0.15) is 4.98 Å². The van der Waals surface area contributed by atoms with Gasteiger partial charge in [-0.1, -0.05) is 17.7 Å². The molecule has 0 bridgehead atoms. The van der Waals surface area contributed by atoms with Crippen LogP contribution in [0, 0.1) is 24.0 Å². The Hall–Kier alpha value is -3.23. The van der Waals surface area contributed by atoms with Crippen molar-refractivity contribution >= 4 is 17.3 Å². The highest BCUT2D eigenvalue weighted by molar-refractivity contribution is 5.92. The van der Waals surface area contributed by atoms with Gasteiger partial charge in [-0.15, -0.1) is 0 Å². The third kappa shape index (κ3) is 3.90. The van der Waals surface area contributed by atoms with Crippen LogP contribution in [0.2, 0.25) is 0 Å². The van der Waals surface area contributed by atoms with Crippen molar-refractivity contribution in [2.75, 3.05) is 11.9 Å². The number of aryl methyl sites for hydroxylation is 2. The van der Waals surface area contributed by atoms with Crippen LogP contribution >= 0.6 is 0 Å². The van der Waals surface area contributed by atoms with Crippen LogP contribution in [0.5, 0.6) is 5.88 Å². The lowest BCUT2D eigenvalue weighted by Crippen LogP contribution is -2.22. The number of nitrogens with one attached hydrogen (secondary N) is 2. The fourth-order valence-corrected chi connectivity index (χ4v) is 1.92. The summed E-state index contributed by atoms with van der Waals surface area (Å²) in [6.07, 6.45) is 0.965. The second-order valence-corrected chi connectivity index (χ2v) is 4.80. The summed E-state index contributed by atoms with van der Waals surface area (Å²) < 4.78 is 4.99. The van der Waals surface area contributed by atoms with Crippen LogP contribution < -0.4 is 15.6 Å². The van der Waals surface area contributed by atoms with Gasteiger partial charge in [0.25, 0.3) is 5.91 Å². The van der Waals surface area contributed by atoms with Crippen LogP contribution in [0.1, 0.15) is 11.1 Å². The molecule has 0 saturated carbocycles. The number of ether oxygens (including phenoxy) is 1. The van der Waals surface area contributed by atoms with Gasteiger partial charge in [-0.05, 0) is 25.5 Å². The van der Waals surface area contributed by atoms with Crippen molar-refractivity contribution in [3.63, 3.8) is 0 Å². The molecule has 2 aromatic rings. The molecule has 1 aromatic carbocycles. The van der Waals surface area contributed by atoms with E-state index >= 15 is 0 Å². The van der Waals surface area contributed by atoms with Crippen molar-refractivity contribution < 1.29 is 14.5 Å². The van der Waals surface area contributed by atoms with Gasteiger partial charge in [0.1, 0.15) is 0 Å². The molecule has 1 heterocycles. The minimum absolute atomic E-state index is 0.505. The number of aromatic nitrogens is 2. The molecular formula is C14H14N4O5. The summed E-state index contributed by atoms with van der Waals surface area (Å²) in [5.41, 5.74) is 0.748. The van der Waals surface area contributed by atoms with E-state index in [1.165, 1.54) is 0 Å². The molecule has 2 N–H and O–H groups in total. The number of nitro groups is 1. The normalized spacial score (nSPS) is 10.2. The molecule has 0 saturated heterocycles. The van der Waals surface area contributed by atoms with E-state index < -0.39 is 34.6 Å². The Labute approximate surface area is 130 Å². The Morgan fingerprint density at radius 3 is 2.83 bits per heavy atom. The number of hydrogen-bond acceptors (Lipinski definition) is 6. The highest BCUT2D eigenvalue weighted by Crippen LogP contribution is 2.18. The first-order valence-electron chi connectivity index (χ1n) is 6.60. The molecule has 0 spiro atoms. The first-order chi connectivity index (χ1) is 10.9. The fraction of sp³-hybridized carbons (Fsp3) is 0.214. The molecule has 120 valence electrons. The smallest absolute Gasteiger partial charge is 0.395 e. The van der Waals surface area contributed by atoms with Crippen molar-refractivity contribution in [2.45, 2.75) is 13.8 Å². The molecule has 1 amide bonds. The molecule has 0 atom stereocenters. The Morgan fingerprint density at radius 2 is 2.17 bits per heavy atom. The highest BCUT2D eigenvalue weighted by atomic mass is 16.6. The van der Waals surface area contributed by atoms with Gasteiger partial charge in [-0.25, -0.2) is 0 Å². The average molecular weight is 318 g/mol. The van der Waals surface area contributed by atoms with Crippen LogP contribution in [0.4, 0.5) is 11.4 Å². The quantitative estimate of drug-likeness (QED) is 0.632. The van der Waals surface area contributed by atoms with E-state index in [-0.39, 0.29) is 0 Å². The third-order valence-corrected chi connectivity index (χ3v) is 2.97. The number of anilines is 1. The summed E-state index contributed by atoms with van der Waals surface area (Å²) >= 11 is 0. The standard InChI is InChI=1S/C14H14N4O5/c1-8-3-4-10(9(2)5-8)17-11(19)6-23-14-12(18(21)22)13(20)15-7-16-14/h3-5,7H,6H2,1-2H3,(H,17,19)(H,15,16,20). The van der Waals surface area contributed by atoms with Crippen molar-refractivity contribution in [3.05, 3.63) is 56.1 Å². The summed E-state index contributed by atoms with van der Waals surface area (Å²) in [7, 11) is 0. The summed E-state index contributed by atoms with van der Waals surface area (Å²) in [6.45, 7) is 3.26. The number of carbonyl (C=O) groups excluding carboxylic acids is 1. The van der Waals surface area contributed by atoms with Gasteiger partial charge < -0.3 is 15.0 Å². The Bertz CT molecular complexity index is 815. The Kier molecular flexibility index (Phi) is 4.69. The van der Waals surface area contributed by atoms with E-state index in [9.17, 15) is 19.7 Å². The van der Waals surface area contributed by atoms with Crippen LogP contribution in [0.3, 0.4) is 0 Å². The average Bonchev–Trinajstić information content (AvgIpc) is 2.47. The van der Waals surface area contributed by atoms with Crippen LogP contribution in [-0.2, 0) is 4.79 Å². The number of hydrogen-bond donors (Lipinski definition) is 2. The topological polar surface area (TPSA) is 127 Å². The number of amides is 1. The predicted molar refractivity (Wildman–Crippen MR) is 81.6 cm³/mol. The highest BCUT2D eigenvalue weighted by Gasteiger charge is 2.22. The monoisotopic (exact) mass is 318 g/mol. The van der Waals surface area contributed by atoms with Gasteiger partial charge in [0, 0.05) is 5.69 Å². The van der Waals surface area contributed by atoms with E-state index in [1.54, 1.807) is 6.07 Å². The second kappa shape index (κ2) is 6.69. The van der Waals surface area contributed by atoms with E-state index in [0.29, 0.717) is 5.69 Å². The zero-order valence-electron chi connectivity index (χ0n) is 12.5. The van der Waals surface area contributed by atoms with Crippen molar-refractivity contribution in [1.82, 2.24) is 9.97 Å². The van der Waals surface area contributed by atoms with Gasteiger partial charge in [-0.3, -0.25) is 19.7 Å². The number of carbonyl (C=O) groups is 1. The lowest BCUT2D eigenvalue weighted by Gasteiger charge is -2.09. The zero-order chi connectivity index (χ0) is 17.0. The fourth-order valence-electron chi connectivity index (χ4n) is 1.92. The summed E-state index contributed by atoms with van der Waals surface area (Å²) in [4.78, 5) is 38.8. The molecule has 0 aliphatic rings. The van der Waals surface area contributed by atoms with E-state index in [2.05, 4.69) is 15.3 Å².